The molecule has 0 radical (unpaired) electrons. The van der Waals surface area contributed by atoms with E-state index in [1.807, 2.05) is 60.7 Å². The summed E-state index contributed by atoms with van der Waals surface area (Å²) in [6.07, 6.45) is -1.22. The molecule has 36 heavy (non-hydrogen) atoms. The normalized spacial score (nSPS) is 14.6. The highest BCUT2D eigenvalue weighted by Gasteiger charge is 2.39. The second-order valence-electron chi connectivity index (χ2n) is 9.35. The molecular weight excluding hydrogens is 467 g/mol. The molecule has 8 heteroatoms. The molecule has 1 aliphatic rings. The Balaban J connectivity index is 1.57. The van der Waals surface area contributed by atoms with Gasteiger partial charge in [-0.25, -0.2) is 0 Å². The molecule has 0 N–H and O–H groups in total. The number of alkyl halides is 3. The van der Waals surface area contributed by atoms with E-state index in [4.69, 9.17) is 0 Å². The van der Waals surface area contributed by atoms with Gasteiger partial charge in [-0.15, -0.1) is 0 Å². The molecule has 0 saturated carbocycles. The molecule has 3 aromatic rings. The number of ketones is 1. The third-order valence-electron chi connectivity index (χ3n) is 6.72. The van der Waals surface area contributed by atoms with Crippen LogP contribution in [0.3, 0.4) is 0 Å². The monoisotopic (exact) mass is 497 g/mol. The Hall–Kier alpha value is -3.42. The van der Waals surface area contributed by atoms with E-state index in [9.17, 15) is 22.8 Å². The molecular formula is C28H30F3N3O2. The topological polar surface area (TPSA) is 55.2 Å². The van der Waals surface area contributed by atoms with Gasteiger partial charge in [-0.1, -0.05) is 55.0 Å². The van der Waals surface area contributed by atoms with Gasteiger partial charge >= 0.3 is 6.18 Å². The van der Waals surface area contributed by atoms with Crippen molar-refractivity contribution in [3.8, 4) is 0 Å². The van der Waals surface area contributed by atoms with E-state index in [0.717, 1.165) is 18.4 Å². The van der Waals surface area contributed by atoms with Gasteiger partial charge < -0.3 is 4.90 Å². The first kappa shape index (κ1) is 25.7. The van der Waals surface area contributed by atoms with Crippen LogP contribution in [0.5, 0.6) is 0 Å². The van der Waals surface area contributed by atoms with Crippen molar-refractivity contribution in [3.05, 3.63) is 83.2 Å². The van der Waals surface area contributed by atoms with Gasteiger partial charge in [0.05, 0.1) is 6.54 Å². The fraction of sp³-hybridized carbons (Fsp3) is 0.393. The Morgan fingerprint density at radius 3 is 2.28 bits per heavy atom. The number of rotatable bonds is 8. The number of carbonyl (C=O) groups excluding carboxylic acids is 2. The lowest BCUT2D eigenvalue weighted by Gasteiger charge is -2.24. The van der Waals surface area contributed by atoms with Gasteiger partial charge in [-0.3, -0.25) is 14.3 Å². The van der Waals surface area contributed by atoms with Crippen LogP contribution in [0.1, 0.15) is 48.2 Å². The molecule has 2 aromatic carbocycles. The second-order valence-corrected chi connectivity index (χ2v) is 9.35. The van der Waals surface area contributed by atoms with Gasteiger partial charge in [0.2, 0.25) is 5.91 Å². The number of para-hydroxylation sites is 1. The van der Waals surface area contributed by atoms with Crippen LogP contribution in [0.4, 0.5) is 18.9 Å². The van der Waals surface area contributed by atoms with Crippen LogP contribution in [-0.2, 0) is 41.6 Å². The molecule has 1 heterocycles. The molecule has 0 spiro atoms. The maximum absolute atomic E-state index is 13.7. The summed E-state index contributed by atoms with van der Waals surface area (Å²) in [4.78, 5) is 28.2. The van der Waals surface area contributed by atoms with Gasteiger partial charge in [0.15, 0.2) is 11.5 Å². The molecule has 0 bridgehead atoms. The molecule has 1 unspecified atom stereocenters. The minimum atomic E-state index is -4.56. The first-order valence-electron chi connectivity index (χ1n) is 12.3. The van der Waals surface area contributed by atoms with Crippen LogP contribution < -0.4 is 4.90 Å². The lowest BCUT2D eigenvalue weighted by atomic mass is 9.92. The summed E-state index contributed by atoms with van der Waals surface area (Å²) in [5.41, 5.74) is 1.46. The smallest absolute Gasteiger partial charge is 0.315 e. The zero-order chi connectivity index (χ0) is 25.7. The van der Waals surface area contributed by atoms with E-state index in [0.29, 0.717) is 37.1 Å². The van der Waals surface area contributed by atoms with Crippen LogP contribution >= 0.6 is 0 Å². The maximum Gasteiger partial charge on any atom is 0.435 e. The Labute approximate surface area is 208 Å². The number of halogens is 3. The predicted octanol–water partition coefficient (Wildman–Crippen LogP) is 5.65. The van der Waals surface area contributed by atoms with E-state index >= 15 is 0 Å². The number of nitrogens with zero attached hydrogens (tertiary/aromatic N) is 3. The van der Waals surface area contributed by atoms with Crippen LogP contribution in [0.15, 0.2) is 60.7 Å². The number of Topliss-reactive ketones (excluding diaryl/α,β-unsaturated/α-hetero) is 1. The fourth-order valence-corrected chi connectivity index (χ4v) is 4.91. The van der Waals surface area contributed by atoms with Gasteiger partial charge in [-0.2, -0.15) is 18.3 Å². The summed E-state index contributed by atoms with van der Waals surface area (Å²) < 4.78 is 42.2. The Bertz CT molecular complexity index is 1190. The van der Waals surface area contributed by atoms with Crippen molar-refractivity contribution in [2.24, 2.45) is 5.92 Å². The summed E-state index contributed by atoms with van der Waals surface area (Å²) >= 11 is 0. The van der Waals surface area contributed by atoms with Crippen molar-refractivity contribution >= 4 is 17.4 Å². The Morgan fingerprint density at radius 2 is 1.61 bits per heavy atom. The minimum absolute atomic E-state index is 0.0825. The van der Waals surface area contributed by atoms with E-state index in [1.54, 1.807) is 7.05 Å². The summed E-state index contributed by atoms with van der Waals surface area (Å²) in [6, 6.07) is 18.6. The van der Waals surface area contributed by atoms with Crippen molar-refractivity contribution < 1.29 is 22.8 Å². The maximum atomic E-state index is 13.7. The number of hydrogen-bond acceptors (Lipinski definition) is 3. The summed E-state index contributed by atoms with van der Waals surface area (Å²) in [5.74, 6) is -1.18. The lowest BCUT2D eigenvalue weighted by Crippen LogP contribution is -2.35. The molecule has 0 fully saturated rings. The number of aromatic nitrogens is 2. The first-order valence-corrected chi connectivity index (χ1v) is 12.3. The minimum Gasteiger partial charge on any atom is -0.315 e. The third-order valence-corrected chi connectivity index (χ3v) is 6.72. The third kappa shape index (κ3) is 6.04. The van der Waals surface area contributed by atoms with Gasteiger partial charge in [-0.05, 0) is 49.8 Å². The number of amides is 1. The zero-order valence-electron chi connectivity index (χ0n) is 20.3. The van der Waals surface area contributed by atoms with Gasteiger partial charge in [0, 0.05) is 36.3 Å². The van der Waals surface area contributed by atoms with Crippen LogP contribution in [-0.4, -0.2) is 28.5 Å². The Kier molecular flexibility index (Phi) is 7.91. The van der Waals surface area contributed by atoms with Crippen molar-refractivity contribution in [3.63, 3.8) is 0 Å². The average Bonchev–Trinajstić information content (AvgIpc) is 3.04. The highest BCUT2D eigenvalue weighted by molar-refractivity contribution is 5.97. The van der Waals surface area contributed by atoms with E-state index in [1.165, 1.54) is 9.58 Å². The number of hydrogen-bond donors (Lipinski definition) is 0. The summed E-state index contributed by atoms with van der Waals surface area (Å²) in [5, 5.41) is 3.84. The van der Waals surface area contributed by atoms with Crippen LogP contribution in [0.2, 0.25) is 0 Å². The molecule has 190 valence electrons. The predicted molar refractivity (Wildman–Crippen MR) is 132 cm³/mol. The second kappa shape index (κ2) is 11.1. The van der Waals surface area contributed by atoms with Crippen molar-refractivity contribution in [1.29, 1.82) is 0 Å². The Morgan fingerprint density at radius 1 is 0.972 bits per heavy atom. The number of benzene rings is 2. The molecule has 4 rings (SSSR count). The highest BCUT2D eigenvalue weighted by atomic mass is 19.4. The number of anilines is 1. The average molecular weight is 498 g/mol. The van der Waals surface area contributed by atoms with Crippen molar-refractivity contribution in [1.82, 2.24) is 9.78 Å². The summed E-state index contributed by atoms with van der Waals surface area (Å²) in [7, 11) is 1.67. The van der Waals surface area contributed by atoms with E-state index in [-0.39, 0.29) is 30.2 Å². The first-order chi connectivity index (χ1) is 17.2. The molecule has 1 aliphatic carbocycles. The van der Waals surface area contributed by atoms with Gasteiger partial charge in [0.25, 0.3) is 0 Å². The number of carbonyl (C=O) groups is 2. The number of fused-ring (bicyclic) bond motifs is 1. The quantitative estimate of drug-likeness (QED) is 0.378. The molecule has 0 aliphatic heterocycles. The SMILES string of the molecule is CN(C(=O)C(CC(=O)Cn1nc(C(F)(F)F)c2c1CCCCC2)Cc1ccccc1)c1ccccc1. The van der Waals surface area contributed by atoms with Crippen molar-refractivity contribution in [2.45, 2.75) is 57.7 Å². The highest BCUT2D eigenvalue weighted by Crippen LogP contribution is 2.35. The van der Waals surface area contributed by atoms with Crippen molar-refractivity contribution in [2.75, 3.05) is 11.9 Å². The van der Waals surface area contributed by atoms with E-state index < -0.39 is 17.8 Å². The lowest BCUT2D eigenvalue weighted by molar-refractivity contribution is -0.142. The standard InChI is InChI=1S/C28H30F3N3O2/c1-33(22-13-7-3-8-14-22)27(36)21(17-20-11-5-2-6-12-20)18-23(35)19-34-25-16-10-4-9-15-24(25)26(32-34)28(29,30)31/h2-3,5-8,11-14,21H,4,9-10,15-19H2,1H3. The largest absolute Gasteiger partial charge is 0.435 e. The van der Waals surface area contributed by atoms with Crippen LogP contribution in [0.25, 0.3) is 0 Å². The fourth-order valence-electron chi connectivity index (χ4n) is 4.91. The molecule has 1 atom stereocenters. The molecule has 5 nitrogen and oxygen atoms in total. The van der Waals surface area contributed by atoms with Gasteiger partial charge in [0.1, 0.15) is 0 Å². The zero-order valence-corrected chi connectivity index (χ0v) is 20.3. The molecule has 1 aromatic heterocycles. The summed E-state index contributed by atoms with van der Waals surface area (Å²) in [6.45, 7) is -0.272. The molecule has 1 amide bonds. The van der Waals surface area contributed by atoms with Crippen LogP contribution in [0, 0.1) is 5.92 Å². The van der Waals surface area contributed by atoms with E-state index in [2.05, 4.69) is 5.10 Å². The molecule has 0 saturated heterocycles.